The van der Waals surface area contributed by atoms with E-state index >= 15 is 0 Å². The van der Waals surface area contributed by atoms with Gasteiger partial charge in [-0.15, -0.1) is 0 Å². The van der Waals surface area contributed by atoms with E-state index in [2.05, 4.69) is 5.32 Å². The van der Waals surface area contributed by atoms with Crippen molar-refractivity contribution in [3.8, 4) is 5.75 Å². The summed E-state index contributed by atoms with van der Waals surface area (Å²) >= 11 is 0. The summed E-state index contributed by atoms with van der Waals surface area (Å²) in [6.45, 7) is 2.48. The van der Waals surface area contributed by atoms with Crippen LogP contribution < -0.4 is 10.1 Å². The zero-order valence-electron chi connectivity index (χ0n) is 17.0. The molecule has 0 aliphatic carbocycles. The Labute approximate surface area is 172 Å². The molecule has 2 aliphatic heterocycles. The number of benzene rings is 1. The predicted molar refractivity (Wildman–Crippen MR) is 110 cm³/mol. The molecule has 3 rings (SSSR count). The van der Waals surface area contributed by atoms with E-state index in [0.717, 1.165) is 49.3 Å². The SMILES string of the molecule is O=C1CCc2cc(OCCCC(=O)N(CCCO)CC3CCCCO3)ccc2N1. The molecule has 7 nitrogen and oxygen atoms in total. The third kappa shape index (κ3) is 6.72. The number of nitrogens with one attached hydrogen (secondary N) is 1. The molecule has 0 bridgehead atoms. The number of ether oxygens (including phenoxy) is 2. The second kappa shape index (κ2) is 11.2. The number of hydrogen-bond acceptors (Lipinski definition) is 5. The van der Waals surface area contributed by atoms with Gasteiger partial charge >= 0.3 is 0 Å². The van der Waals surface area contributed by atoms with Gasteiger partial charge < -0.3 is 24.8 Å². The maximum atomic E-state index is 12.6. The van der Waals surface area contributed by atoms with Crippen LogP contribution in [0.5, 0.6) is 5.75 Å². The standard InChI is InChI=1S/C22H32N2O5/c25-12-4-11-24(16-19-5-1-2-13-29-19)22(27)6-3-14-28-18-8-9-20-17(15-18)7-10-21(26)23-20/h8-9,15,19,25H,1-7,10-14,16H2,(H,23,26). The number of aliphatic hydroxyl groups is 1. The molecule has 0 radical (unpaired) electrons. The van der Waals surface area contributed by atoms with Crippen molar-refractivity contribution >= 4 is 17.5 Å². The van der Waals surface area contributed by atoms with Crippen LogP contribution in [0.2, 0.25) is 0 Å². The summed E-state index contributed by atoms with van der Waals surface area (Å²) in [7, 11) is 0. The Morgan fingerprint density at radius 2 is 2.17 bits per heavy atom. The molecule has 1 unspecified atom stereocenters. The van der Waals surface area contributed by atoms with Crippen LogP contribution in [-0.2, 0) is 20.7 Å². The highest BCUT2D eigenvalue weighted by Crippen LogP contribution is 2.27. The Hall–Kier alpha value is -2.12. The minimum atomic E-state index is 0.0501. The lowest BCUT2D eigenvalue weighted by atomic mass is 10.0. The highest BCUT2D eigenvalue weighted by atomic mass is 16.5. The quantitative estimate of drug-likeness (QED) is 0.585. The van der Waals surface area contributed by atoms with Gasteiger partial charge in [0.1, 0.15) is 5.75 Å². The summed E-state index contributed by atoms with van der Waals surface area (Å²) in [5, 5.41) is 12.0. The Kier molecular flexibility index (Phi) is 8.31. The lowest BCUT2D eigenvalue weighted by Gasteiger charge is -2.30. The van der Waals surface area contributed by atoms with Crippen molar-refractivity contribution in [1.82, 2.24) is 4.90 Å². The second-order valence-corrected chi connectivity index (χ2v) is 7.72. The van der Waals surface area contributed by atoms with Gasteiger partial charge in [-0.25, -0.2) is 0 Å². The Balaban J connectivity index is 1.42. The molecule has 1 atom stereocenters. The Bertz CT molecular complexity index is 688. The van der Waals surface area contributed by atoms with Gasteiger partial charge in [-0.1, -0.05) is 0 Å². The van der Waals surface area contributed by atoms with Gasteiger partial charge in [-0.3, -0.25) is 9.59 Å². The molecule has 160 valence electrons. The molecular formula is C22H32N2O5. The number of carbonyl (C=O) groups is 2. The first-order chi connectivity index (χ1) is 14.2. The zero-order chi connectivity index (χ0) is 20.5. The molecule has 1 fully saturated rings. The summed E-state index contributed by atoms with van der Waals surface area (Å²) in [5.41, 5.74) is 1.94. The van der Waals surface area contributed by atoms with Crippen LogP contribution in [0, 0.1) is 0 Å². The van der Waals surface area contributed by atoms with Crippen molar-refractivity contribution in [3.05, 3.63) is 23.8 Å². The molecule has 2 amide bonds. The smallest absolute Gasteiger partial charge is 0.224 e. The van der Waals surface area contributed by atoms with E-state index in [1.54, 1.807) is 0 Å². The topological polar surface area (TPSA) is 88.1 Å². The first kappa shape index (κ1) is 21.6. The normalized spacial score (nSPS) is 18.7. The predicted octanol–water partition coefficient (Wildman–Crippen LogP) is 2.51. The first-order valence-electron chi connectivity index (χ1n) is 10.7. The van der Waals surface area contributed by atoms with E-state index < -0.39 is 0 Å². The fourth-order valence-electron chi connectivity index (χ4n) is 3.80. The number of aryl methyl sites for hydroxylation is 1. The maximum absolute atomic E-state index is 12.6. The van der Waals surface area contributed by atoms with E-state index in [1.165, 1.54) is 0 Å². The minimum Gasteiger partial charge on any atom is -0.494 e. The molecule has 0 aromatic heterocycles. The highest BCUT2D eigenvalue weighted by Gasteiger charge is 2.21. The van der Waals surface area contributed by atoms with Gasteiger partial charge in [-0.2, -0.15) is 0 Å². The van der Waals surface area contributed by atoms with Crippen molar-refractivity contribution < 1.29 is 24.2 Å². The molecule has 1 saturated heterocycles. The summed E-state index contributed by atoms with van der Waals surface area (Å²) in [4.78, 5) is 25.9. The van der Waals surface area contributed by atoms with Gasteiger partial charge in [0.05, 0.1) is 12.7 Å². The number of carbonyl (C=O) groups excluding carboxylic acids is 2. The van der Waals surface area contributed by atoms with E-state index in [1.807, 2.05) is 23.1 Å². The van der Waals surface area contributed by atoms with Crippen molar-refractivity contribution in [1.29, 1.82) is 0 Å². The van der Waals surface area contributed by atoms with Crippen LogP contribution in [0.25, 0.3) is 0 Å². The number of hydrogen-bond donors (Lipinski definition) is 2. The highest BCUT2D eigenvalue weighted by molar-refractivity contribution is 5.94. The van der Waals surface area contributed by atoms with E-state index in [-0.39, 0.29) is 24.5 Å². The van der Waals surface area contributed by atoms with Gasteiger partial charge in [0.25, 0.3) is 0 Å². The fourth-order valence-corrected chi connectivity index (χ4v) is 3.80. The molecule has 2 heterocycles. The van der Waals surface area contributed by atoms with Crippen LogP contribution >= 0.6 is 0 Å². The van der Waals surface area contributed by atoms with Crippen molar-refractivity contribution in [2.45, 2.75) is 57.5 Å². The van der Waals surface area contributed by atoms with E-state index in [4.69, 9.17) is 14.6 Å². The Morgan fingerprint density at radius 3 is 2.97 bits per heavy atom. The van der Waals surface area contributed by atoms with Gasteiger partial charge in [0, 0.05) is 44.8 Å². The van der Waals surface area contributed by atoms with Crippen LogP contribution in [0.3, 0.4) is 0 Å². The number of amides is 2. The molecule has 29 heavy (non-hydrogen) atoms. The largest absolute Gasteiger partial charge is 0.494 e. The molecule has 2 N–H and O–H groups in total. The van der Waals surface area contributed by atoms with Gasteiger partial charge in [0.2, 0.25) is 11.8 Å². The van der Waals surface area contributed by atoms with E-state index in [0.29, 0.717) is 45.4 Å². The van der Waals surface area contributed by atoms with Crippen molar-refractivity contribution in [2.24, 2.45) is 0 Å². The fraction of sp³-hybridized carbons (Fsp3) is 0.636. The maximum Gasteiger partial charge on any atom is 0.224 e. The summed E-state index contributed by atoms with van der Waals surface area (Å²) in [5.74, 6) is 0.901. The third-order valence-electron chi connectivity index (χ3n) is 5.41. The molecule has 0 saturated carbocycles. The first-order valence-corrected chi connectivity index (χ1v) is 10.7. The average molecular weight is 405 g/mol. The number of fused-ring (bicyclic) bond motifs is 1. The number of rotatable bonds is 10. The van der Waals surface area contributed by atoms with Gasteiger partial charge in [-0.05, 0) is 62.3 Å². The van der Waals surface area contributed by atoms with E-state index in [9.17, 15) is 9.59 Å². The summed E-state index contributed by atoms with van der Waals surface area (Å²) < 4.78 is 11.6. The molecule has 2 aliphatic rings. The Morgan fingerprint density at radius 1 is 1.28 bits per heavy atom. The molecule has 1 aromatic rings. The number of nitrogens with zero attached hydrogens (tertiary/aromatic N) is 1. The average Bonchev–Trinajstić information content (AvgIpc) is 2.74. The second-order valence-electron chi connectivity index (χ2n) is 7.72. The minimum absolute atomic E-state index is 0.0501. The number of aliphatic hydroxyl groups excluding tert-OH is 1. The molecule has 7 heteroatoms. The third-order valence-corrected chi connectivity index (χ3v) is 5.41. The van der Waals surface area contributed by atoms with Crippen molar-refractivity contribution in [2.75, 3.05) is 38.2 Å². The van der Waals surface area contributed by atoms with Crippen LogP contribution in [0.1, 0.15) is 50.5 Å². The summed E-state index contributed by atoms with van der Waals surface area (Å²) in [6, 6.07) is 5.68. The lowest BCUT2D eigenvalue weighted by molar-refractivity contribution is -0.134. The number of anilines is 1. The van der Waals surface area contributed by atoms with Gasteiger partial charge in [0.15, 0.2) is 0 Å². The molecule has 1 aromatic carbocycles. The zero-order valence-corrected chi connectivity index (χ0v) is 17.0. The van der Waals surface area contributed by atoms with Crippen molar-refractivity contribution in [3.63, 3.8) is 0 Å². The monoisotopic (exact) mass is 404 g/mol. The van der Waals surface area contributed by atoms with Crippen LogP contribution in [0.15, 0.2) is 18.2 Å². The molecular weight excluding hydrogens is 372 g/mol. The van der Waals surface area contributed by atoms with Crippen LogP contribution in [-0.4, -0.2) is 60.8 Å². The summed E-state index contributed by atoms with van der Waals surface area (Å²) in [6.07, 6.45) is 6.19. The molecule has 0 spiro atoms. The van der Waals surface area contributed by atoms with Crippen LogP contribution in [0.4, 0.5) is 5.69 Å². The lowest BCUT2D eigenvalue weighted by Crippen LogP contribution is -2.40.